The van der Waals surface area contributed by atoms with E-state index in [-0.39, 0.29) is 22.8 Å². The van der Waals surface area contributed by atoms with Gasteiger partial charge in [0.25, 0.3) is 15.9 Å². The molecule has 3 N–H and O–H groups in total. The van der Waals surface area contributed by atoms with Crippen LogP contribution in [-0.2, 0) is 29.1 Å². The van der Waals surface area contributed by atoms with Crippen LogP contribution in [0.5, 0.6) is 0 Å². The average molecular weight is 608 g/mol. The molecule has 4 atom stereocenters. The van der Waals surface area contributed by atoms with Gasteiger partial charge >= 0.3 is 6.09 Å². The standard InChI is InChI=1S/C28H41N5O8S/c1-17-22(18(2)41-31-17)42(38,39)32-25(36)28-16-19(28)12-9-7-6-8-10-13-20(29-26(37)40-27(3,4)5)24(35)33-15-11-14-21(33)23(34)30-28/h9,12,19-21H,6-8,10-11,13-16H2,1-5H3,(H,29,37)(H,30,34)(H,32,36)/b12-9-/t19-,20+,21+,28-/m1/s1. The fraction of sp³-hybridized carbons (Fsp3) is 0.679. The van der Waals surface area contributed by atoms with Crippen LogP contribution in [0.4, 0.5) is 4.79 Å². The average Bonchev–Trinajstić information content (AvgIpc) is 3.18. The Labute approximate surface area is 246 Å². The van der Waals surface area contributed by atoms with Crippen molar-refractivity contribution in [3.8, 4) is 0 Å². The number of aryl methyl sites for hydroxylation is 2. The van der Waals surface area contributed by atoms with Gasteiger partial charge in [-0.2, -0.15) is 0 Å². The van der Waals surface area contributed by atoms with Crippen LogP contribution >= 0.6 is 0 Å². The molecule has 0 spiro atoms. The van der Waals surface area contributed by atoms with Crippen molar-refractivity contribution in [3.05, 3.63) is 23.6 Å². The molecule has 2 fully saturated rings. The highest BCUT2D eigenvalue weighted by atomic mass is 32.2. The highest BCUT2D eigenvalue weighted by Crippen LogP contribution is 2.46. The Morgan fingerprint density at radius 2 is 1.88 bits per heavy atom. The summed E-state index contributed by atoms with van der Waals surface area (Å²) in [6, 6.07) is -1.75. The smallest absolute Gasteiger partial charge is 0.408 e. The van der Waals surface area contributed by atoms with Crippen LogP contribution in [0.2, 0.25) is 0 Å². The number of aromatic nitrogens is 1. The normalized spacial score (nSPS) is 27.9. The van der Waals surface area contributed by atoms with Gasteiger partial charge in [0.15, 0.2) is 10.7 Å². The summed E-state index contributed by atoms with van der Waals surface area (Å²) < 4.78 is 38.7. The van der Waals surface area contributed by atoms with Crippen molar-refractivity contribution in [3.63, 3.8) is 0 Å². The zero-order valence-corrected chi connectivity index (χ0v) is 25.6. The molecule has 3 heterocycles. The van der Waals surface area contributed by atoms with E-state index >= 15 is 0 Å². The highest BCUT2D eigenvalue weighted by molar-refractivity contribution is 7.90. The SMILES string of the molecule is Cc1noc(C)c1S(=O)(=O)NC(=O)[C@@]12C[C@H]1/C=C\CCCCC[C@H](NC(=O)OC(C)(C)C)C(=O)N1CCC[C@H]1C(=O)N2. The molecular formula is C28H41N5O8S. The van der Waals surface area contributed by atoms with E-state index in [4.69, 9.17) is 9.26 Å². The maximum absolute atomic E-state index is 13.7. The van der Waals surface area contributed by atoms with E-state index in [0.717, 1.165) is 12.8 Å². The lowest BCUT2D eigenvalue weighted by atomic mass is 10.0. The lowest BCUT2D eigenvalue weighted by Gasteiger charge is -2.30. The first kappa shape index (κ1) is 31.5. The molecule has 1 aromatic heterocycles. The molecule has 13 nitrogen and oxygen atoms in total. The van der Waals surface area contributed by atoms with Crippen LogP contribution in [0.25, 0.3) is 0 Å². The number of amides is 4. The third-order valence-corrected chi connectivity index (χ3v) is 9.36. The van der Waals surface area contributed by atoms with E-state index in [2.05, 4.69) is 20.5 Å². The molecule has 3 aliphatic rings. The number of carbonyl (C=O) groups excluding carboxylic acids is 4. The van der Waals surface area contributed by atoms with Crippen LogP contribution in [0.3, 0.4) is 0 Å². The van der Waals surface area contributed by atoms with Gasteiger partial charge in [-0.25, -0.2) is 17.9 Å². The summed E-state index contributed by atoms with van der Waals surface area (Å²) in [5.74, 6) is -2.18. The second-order valence-corrected chi connectivity index (χ2v) is 13.9. The Balaban J connectivity index is 1.57. The molecule has 2 aliphatic heterocycles. The van der Waals surface area contributed by atoms with Gasteiger partial charge in [0.2, 0.25) is 11.8 Å². The molecule has 232 valence electrons. The van der Waals surface area contributed by atoms with E-state index in [1.54, 1.807) is 20.8 Å². The Hall–Kier alpha value is -3.42. The van der Waals surface area contributed by atoms with Crippen molar-refractivity contribution in [1.29, 1.82) is 0 Å². The number of carbonyl (C=O) groups is 4. The number of nitrogens with zero attached hydrogens (tertiary/aromatic N) is 2. The van der Waals surface area contributed by atoms with Gasteiger partial charge < -0.3 is 24.8 Å². The number of fused-ring (bicyclic) bond motifs is 2. The molecule has 4 rings (SSSR count). The van der Waals surface area contributed by atoms with E-state index in [1.165, 1.54) is 18.7 Å². The molecule has 1 aliphatic carbocycles. The zero-order chi connectivity index (χ0) is 30.9. The quantitative estimate of drug-likeness (QED) is 0.434. The minimum atomic E-state index is -4.33. The van der Waals surface area contributed by atoms with Crippen molar-refractivity contribution in [2.24, 2.45) is 5.92 Å². The van der Waals surface area contributed by atoms with Gasteiger partial charge in [-0.1, -0.05) is 30.2 Å². The summed E-state index contributed by atoms with van der Waals surface area (Å²) in [6.45, 7) is 8.40. The lowest BCUT2D eigenvalue weighted by molar-refractivity contribution is -0.141. The minimum absolute atomic E-state index is 0.0401. The number of hydrogen-bond donors (Lipinski definition) is 3. The molecule has 1 saturated carbocycles. The van der Waals surface area contributed by atoms with E-state index in [0.29, 0.717) is 38.6 Å². The van der Waals surface area contributed by atoms with Gasteiger partial charge in [0, 0.05) is 12.5 Å². The van der Waals surface area contributed by atoms with Crippen molar-refractivity contribution in [2.75, 3.05) is 6.54 Å². The summed E-state index contributed by atoms with van der Waals surface area (Å²) in [6.07, 6.45) is 7.58. The number of alkyl carbamates (subject to hydrolysis) is 1. The third-order valence-electron chi connectivity index (χ3n) is 7.79. The first-order valence-electron chi connectivity index (χ1n) is 14.4. The lowest BCUT2D eigenvalue weighted by Crippen LogP contribution is -2.58. The number of hydrogen-bond acceptors (Lipinski definition) is 9. The van der Waals surface area contributed by atoms with E-state index in [1.807, 2.05) is 12.2 Å². The van der Waals surface area contributed by atoms with Crippen molar-refractivity contribution in [1.82, 2.24) is 25.4 Å². The van der Waals surface area contributed by atoms with Crippen LogP contribution in [0, 0.1) is 19.8 Å². The molecule has 14 heteroatoms. The van der Waals surface area contributed by atoms with Crippen molar-refractivity contribution < 1.29 is 36.9 Å². The predicted molar refractivity (Wildman–Crippen MR) is 150 cm³/mol. The van der Waals surface area contributed by atoms with E-state index in [9.17, 15) is 27.6 Å². The second kappa shape index (κ2) is 12.1. The van der Waals surface area contributed by atoms with Crippen LogP contribution in [0.1, 0.15) is 83.6 Å². The number of allylic oxidation sites excluding steroid dienone is 1. The maximum atomic E-state index is 13.7. The Morgan fingerprint density at radius 1 is 1.14 bits per heavy atom. The molecule has 0 aromatic carbocycles. The first-order chi connectivity index (χ1) is 19.6. The molecule has 4 amide bonds. The van der Waals surface area contributed by atoms with Crippen LogP contribution in [-0.4, -0.2) is 72.1 Å². The number of rotatable bonds is 4. The fourth-order valence-corrected chi connectivity index (χ4v) is 7.04. The monoisotopic (exact) mass is 607 g/mol. The van der Waals surface area contributed by atoms with Crippen molar-refractivity contribution >= 4 is 33.8 Å². The summed E-state index contributed by atoms with van der Waals surface area (Å²) in [5, 5.41) is 9.16. The van der Waals surface area contributed by atoms with Gasteiger partial charge in [-0.15, -0.1) is 0 Å². The third kappa shape index (κ3) is 6.96. The number of ether oxygens (including phenoxy) is 1. The first-order valence-corrected chi connectivity index (χ1v) is 15.9. The highest BCUT2D eigenvalue weighted by Gasteiger charge is 2.61. The Morgan fingerprint density at radius 3 is 2.55 bits per heavy atom. The zero-order valence-electron chi connectivity index (χ0n) is 24.8. The van der Waals surface area contributed by atoms with Gasteiger partial charge in [-0.3, -0.25) is 14.4 Å². The second-order valence-electron chi connectivity index (χ2n) is 12.3. The molecule has 0 bridgehead atoms. The molecule has 1 aromatic rings. The fourth-order valence-electron chi connectivity index (χ4n) is 5.67. The predicted octanol–water partition coefficient (Wildman–Crippen LogP) is 2.38. The number of nitrogens with one attached hydrogen (secondary N) is 3. The summed E-state index contributed by atoms with van der Waals surface area (Å²) >= 11 is 0. The summed E-state index contributed by atoms with van der Waals surface area (Å²) in [4.78, 5) is 54.7. The topological polar surface area (TPSA) is 177 Å². The molecule has 42 heavy (non-hydrogen) atoms. The van der Waals surface area contributed by atoms with Gasteiger partial charge in [-0.05, 0) is 73.1 Å². The summed E-state index contributed by atoms with van der Waals surface area (Å²) in [7, 11) is -4.33. The molecular weight excluding hydrogens is 566 g/mol. The molecule has 1 saturated heterocycles. The van der Waals surface area contributed by atoms with Crippen LogP contribution in [0.15, 0.2) is 21.6 Å². The molecule has 0 radical (unpaired) electrons. The summed E-state index contributed by atoms with van der Waals surface area (Å²) in [5.41, 5.74) is -2.13. The largest absolute Gasteiger partial charge is 0.444 e. The van der Waals surface area contributed by atoms with Gasteiger partial charge in [0.05, 0.1) is 0 Å². The maximum Gasteiger partial charge on any atom is 0.408 e. The minimum Gasteiger partial charge on any atom is -0.444 e. The molecule has 0 unspecified atom stereocenters. The number of sulfonamides is 1. The van der Waals surface area contributed by atoms with Crippen molar-refractivity contribution in [2.45, 2.75) is 114 Å². The van der Waals surface area contributed by atoms with E-state index < -0.39 is 63.0 Å². The Bertz CT molecular complexity index is 1340. The van der Waals surface area contributed by atoms with Gasteiger partial charge in [0.1, 0.15) is 28.9 Å². The Kier molecular flexibility index (Phi) is 9.05. The van der Waals surface area contributed by atoms with Crippen LogP contribution < -0.4 is 15.4 Å².